The zero-order chi connectivity index (χ0) is 14.1. The number of esters is 1. The molecule has 0 aliphatic rings. The van der Waals surface area contributed by atoms with Crippen LogP contribution in [0.15, 0.2) is 12.2 Å². The molecule has 102 valence electrons. The van der Waals surface area contributed by atoms with Crippen LogP contribution in [0.4, 0.5) is 0 Å². The third-order valence-electron chi connectivity index (χ3n) is 1.39. The van der Waals surface area contributed by atoms with Crippen molar-refractivity contribution in [2.75, 3.05) is 34.4 Å². The van der Waals surface area contributed by atoms with Gasteiger partial charge in [0.1, 0.15) is 13.2 Å². The first-order valence-electron chi connectivity index (χ1n) is 4.73. The molecule has 0 amide bonds. The highest BCUT2D eigenvalue weighted by atomic mass is 32.3. The van der Waals surface area contributed by atoms with Crippen molar-refractivity contribution < 1.29 is 31.6 Å². The Morgan fingerprint density at radius 3 is 2.06 bits per heavy atom. The first-order valence-corrected chi connectivity index (χ1v) is 6.06. The second kappa shape index (κ2) is 9.11. The summed E-state index contributed by atoms with van der Waals surface area (Å²) in [6.45, 7) is 6.41. The maximum Gasteiger partial charge on any atom is 0.333 e. The summed E-state index contributed by atoms with van der Waals surface area (Å²) in [5, 5.41) is 0. The van der Waals surface area contributed by atoms with Crippen LogP contribution in [-0.4, -0.2) is 53.3 Å². The van der Waals surface area contributed by atoms with Gasteiger partial charge in [0.05, 0.1) is 21.2 Å². The van der Waals surface area contributed by atoms with Gasteiger partial charge >= 0.3 is 5.97 Å². The van der Waals surface area contributed by atoms with E-state index in [1.807, 2.05) is 14.1 Å². The molecule has 0 heterocycles. The zero-order valence-electron chi connectivity index (χ0n) is 10.5. The summed E-state index contributed by atoms with van der Waals surface area (Å²) in [6, 6.07) is 0. The second-order valence-corrected chi connectivity index (χ2v) is 4.60. The van der Waals surface area contributed by atoms with Gasteiger partial charge in [-0.3, -0.25) is 4.18 Å². The van der Waals surface area contributed by atoms with Gasteiger partial charge in [0.15, 0.2) is 0 Å². The van der Waals surface area contributed by atoms with E-state index in [-0.39, 0.29) is 5.97 Å². The van der Waals surface area contributed by atoms with Crippen LogP contribution in [0.2, 0.25) is 0 Å². The number of hydrogen-bond acceptors (Lipinski definition) is 6. The molecule has 0 aromatic rings. The summed E-state index contributed by atoms with van der Waals surface area (Å²) in [7, 11) is 0.413. The Labute approximate surface area is 102 Å². The van der Waals surface area contributed by atoms with E-state index in [0.29, 0.717) is 12.2 Å². The fourth-order valence-electron chi connectivity index (χ4n) is 0.471. The highest BCUT2D eigenvalue weighted by Crippen LogP contribution is 1.89. The van der Waals surface area contributed by atoms with Gasteiger partial charge in [-0.05, 0) is 6.92 Å². The lowest BCUT2D eigenvalue weighted by Gasteiger charge is -2.07. The molecule has 7 nitrogen and oxygen atoms in total. The Morgan fingerprint density at radius 1 is 1.41 bits per heavy atom. The summed E-state index contributed by atoms with van der Waals surface area (Å²) in [4.78, 5) is 12.1. The van der Waals surface area contributed by atoms with Crippen LogP contribution in [-0.2, 0) is 24.1 Å². The molecule has 0 rings (SSSR count). The molecule has 0 unspecified atom stereocenters. The molecule has 0 radical (unpaired) electrons. The normalized spacial score (nSPS) is 10.5. The van der Waals surface area contributed by atoms with Crippen LogP contribution in [0, 0.1) is 0 Å². The Bertz CT molecular complexity index is 335. The molecule has 0 spiro atoms. The average Bonchev–Trinajstić information content (AvgIpc) is 2.16. The lowest BCUT2D eigenvalue weighted by molar-refractivity contribution is -0.858. The van der Waals surface area contributed by atoms with E-state index in [2.05, 4.69) is 10.8 Å². The van der Waals surface area contributed by atoms with Crippen LogP contribution < -0.4 is 4.90 Å². The molecule has 0 aromatic heterocycles. The van der Waals surface area contributed by atoms with Crippen molar-refractivity contribution in [3.05, 3.63) is 12.2 Å². The predicted molar refractivity (Wildman–Crippen MR) is 60.2 cm³/mol. The molecule has 0 atom stereocenters. The molecule has 0 aliphatic heterocycles. The van der Waals surface area contributed by atoms with Crippen molar-refractivity contribution in [3.63, 3.8) is 0 Å². The third kappa shape index (κ3) is 17.6. The number of likely N-dealkylation sites (N-methyl/N-ethyl adjacent to an activating group) is 1. The Kier molecular flexibility index (Phi) is 9.86. The van der Waals surface area contributed by atoms with Gasteiger partial charge in [-0.2, -0.15) is 0 Å². The molecule has 0 aliphatic carbocycles. The minimum Gasteiger partial charge on any atom is -0.726 e. The predicted octanol–water partition coefficient (Wildman–Crippen LogP) is -1.66. The molecule has 17 heavy (non-hydrogen) atoms. The van der Waals surface area contributed by atoms with E-state index < -0.39 is 10.4 Å². The molecule has 0 aromatic carbocycles. The number of carbonyl (C=O) groups excluding carboxylic acids is 1. The number of quaternary nitrogens is 1. The van der Waals surface area contributed by atoms with Crippen molar-refractivity contribution in [2.45, 2.75) is 6.92 Å². The van der Waals surface area contributed by atoms with Gasteiger partial charge in [0, 0.05) is 5.57 Å². The highest BCUT2D eigenvalue weighted by molar-refractivity contribution is 7.80. The monoisotopic (exact) mass is 269 g/mol. The number of nitrogens with one attached hydrogen (secondary N) is 1. The Balaban J connectivity index is 0. The number of carbonyl (C=O) groups is 1. The van der Waals surface area contributed by atoms with Gasteiger partial charge in [-0.25, -0.2) is 13.2 Å². The van der Waals surface area contributed by atoms with E-state index in [1.54, 1.807) is 6.92 Å². The summed E-state index contributed by atoms with van der Waals surface area (Å²) in [5.74, 6) is -0.300. The first-order chi connectivity index (χ1) is 7.60. The molecule has 0 fully saturated rings. The smallest absolute Gasteiger partial charge is 0.333 e. The fraction of sp³-hybridized carbons (Fsp3) is 0.667. The minimum absolute atomic E-state index is 0.300. The minimum atomic E-state index is -4.41. The summed E-state index contributed by atoms with van der Waals surface area (Å²) >= 11 is 0. The van der Waals surface area contributed by atoms with Gasteiger partial charge in [-0.15, -0.1) is 0 Å². The standard InChI is InChI=1S/C8H15NO2.CH4O4S/c1-7(2)8(10)11-6-5-9(3)4;1-5-6(2,3)4/h1,5-6H2,2-4H3;1H3,(H,2,3,4). The van der Waals surface area contributed by atoms with Gasteiger partial charge < -0.3 is 14.2 Å². The molecule has 0 saturated heterocycles. The number of hydrogen-bond donors (Lipinski definition) is 1. The van der Waals surface area contributed by atoms with Crippen molar-refractivity contribution in [1.29, 1.82) is 0 Å². The average molecular weight is 269 g/mol. The maximum atomic E-state index is 10.8. The number of rotatable bonds is 5. The zero-order valence-corrected chi connectivity index (χ0v) is 11.3. The first kappa shape index (κ1) is 18.4. The van der Waals surface area contributed by atoms with Crippen LogP contribution in [0.25, 0.3) is 0 Å². The molecule has 8 heteroatoms. The fourth-order valence-corrected chi connectivity index (χ4v) is 0.471. The maximum absolute atomic E-state index is 10.8. The summed E-state index contributed by atoms with van der Waals surface area (Å²) in [6.07, 6.45) is 0. The Hall–Kier alpha value is -0.960. The van der Waals surface area contributed by atoms with Crippen molar-refractivity contribution in [2.24, 2.45) is 0 Å². The van der Waals surface area contributed by atoms with Crippen LogP contribution in [0.1, 0.15) is 6.92 Å². The topological polar surface area (TPSA) is 97.2 Å². The van der Waals surface area contributed by atoms with E-state index in [1.165, 1.54) is 4.90 Å². The summed E-state index contributed by atoms with van der Waals surface area (Å²) < 4.78 is 35.9. The lowest BCUT2D eigenvalue weighted by Crippen LogP contribution is -3.06. The largest absolute Gasteiger partial charge is 0.726 e. The van der Waals surface area contributed by atoms with Crippen molar-refractivity contribution in [3.8, 4) is 0 Å². The van der Waals surface area contributed by atoms with Crippen LogP contribution in [0.3, 0.4) is 0 Å². The SMILES string of the molecule is C=C(C)C(=O)OCC[NH+](C)C.COS(=O)(=O)[O-]. The molecule has 1 N–H and O–H groups in total. The highest BCUT2D eigenvalue weighted by Gasteiger charge is 2.02. The van der Waals surface area contributed by atoms with E-state index in [0.717, 1.165) is 13.7 Å². The van der Waals surface area contributed by atoms with E-state index >= 15 is 0 Å². The van der Waals surface area contributed by atoms with Gasteiger partial charge in [-0.1, -0.05) is 6.58 Å². The molecule has 0 bridgehead atoms. The number of ether oxygens (including phenoxy) is 1. The van der Waals surface area contributed by atoms with Crippen molar-refractivity contribution >= 4 is 16.4 Å². The van der Waals surface area contributed by atoms with Gasteiger partial charge in [0.25, 0.3) is 0 Å². The van der Waals surface area contributed by atoms with Crippen LogP contribution in [0.5, 0.6) is 0 Å². The molecule has 0 saturated carbocycles. The third-order valence-corrected chi connectivity index (χ3v) is 1.80. The van der Waals surface area contributed by atoms with E-state index in [4.69, 9.17) is 4.74 Å². The summed E-state index contributed by atoms with van der Waals surface area (Å²) in [5.41, 5.74) is 0.457. The van der Waals surface area contributed by atoms with Crippen molar-refractivity contribution in [1.82, 2.24) is 0 Å². The lowest BCUT2D eigenvalue weighted by atomic mass is 10.4. The quantitative estimate of drug-likeness (QED) is 0.278. The van der Waals surface area contributed by atoms with Gasteiger partial charge in [0.2, 0.25) is 10.4 Å². The second-order valence-electron chi connectivity index (χ2n) is 3.45. The molecular weight excluding hydrogens is 250 g/mol. The van der Waals surface area contributed by atoms with E-state index in [9.17, 15) is 17.8 Å². The van der Waals surface area contributed by atoms with Crippen LogP contribution >= 0.6 is 0 Å². The molecular formula is C9H19NO6S. The Morgan fingerprint density at radius 2 is 1.82 bits per heavy atom.